The van der Waals surface area contributed by atoms with Crippen molar-refractivity contribution in [3.63, 3.8) is 0 Å². The molecule has 1 atom stereocenters. The highest BCUT2D eigenvalue weighted by molar-refractivity contribution is 5.78. The largest absolute Gasteiger partial charge is 0.352 e. The molecule has 138 valence electrons. The Labute approximate surface area is 149 Å². The van der Waals surface area contributed by atoms with Gasteiger partial charge in [-0.3, -0.25) is 29.5 Å². The molecule has 1 unspecified atom stereocenters. The van der Waals surface area contributed by atoms with Crippen molar-refractivity contribution >= 4 is 5.91 Å². The number of nitrogens with zero attached hydrogens (tertiary/aromatic N) is 1. The number of halogens is 1. The van der Waals surface area contributed by atoms with Crippen molar-refractivity contribution in [1.29, 1.82) is 0 Å². The van der Waals surface area contributed by atoms with Crippen LogP contribution in [0.15, 0.2) is 39.9 Å². The zero-order valence-electron chi connectivity index (χ0n) is 14.3. The molecule has 1 aromatic heterocycles. The molecule has 1 saturated heterocycles. The van der Waals surface area contributed by atoms with Gasteiger partial charge in [-0.1, -0.05) is 18.2 Å². The van der Waals surface area contributed by atoms with Crippen LogP contribution in [0.25, 0.3) is 0 Å². The molecular formula is C18H21FN4O3. The zero-order chi connectivity index (χ0) is 18.5. The van der Waals surface area contributed by atoms with Gasteiger partial charge >= 0.3 is 0 Å². The summed E-state index contributed by atoms with van der Waals surface area (Å²) in [5.41, 5.74) is -0.175. The summed E-state index contributed by atoms with van der Waals surface area (Å²) in [5, 5.41) is 7.27. The number of aromatic amines is 2. The number of hydrogen-bond donors (Lipinski definition) is 3. The zero-order valence-corrected chi connectivity index (χ0v) is 14.3. The minimum absolute atomic E-state index is 0.0656. The van der Waals surface area contributed by atoms with Gasteiger partial charge in [-0.25, -0.2) is 4.39 Å². The van der Waals surface area contributed by atoms with E-state index in [1.54, 1.807) is 18.2 Å². The third-order valence-corrected chi connectivity index (χ3v) is 4.47. The van der Waals surface area contributed by atoms with Crippen LogP contribution in [0.4, 0.5) is 4.39 Å². The second kappa shape index (κ2) is 8.09. The van der Waals surface area contributed by atoms with E-state index in [1.807, 2.05) is 0 Å². The van der Waals surface area contributed by atoms with E-state index in [1.165, 1.54) is 6.07 Å². The highest BCUT2D eigenvalue weighted by atomic mass is 19.1. The van der Waals surface area contributed by atoms with Crippen molar-refractivity contribution in [2.24, 2.45) is 0 Å². The molecule has 1 aliphatic rings. The number of H-pyrrole nitrogens is 2. The lowest BCUT2D eigenvalue weighted by Gasteiger charge is -2.33. The Bertz CT molecular complexity index is 892. The van der Waals surface area contributed by atoms with Crippen molar-refractivity contribution in [3.8, 4) is 0 Å². The van der Waals surface area contributed by atoms with Crippen molar-refractivity contribution < 1.29 is 9.18 Å². The summed E-state index contributed by atoms with van der Waals surface area (Å²) in [6.07, 6.45) is 1.57. The standard InChI is InChI=1S/C18H21FN4O3/c19-15-6-2-1-4-12(15)10-23-7-3-5-14(11-23)20-16(24)8-13-9-17(25)21-22-18(13)26/h1-2,4,6,9,14H,3,5,7-8,10-11H2,(H,20,24)(H,21,25)(H,22,26). The third-order valence-electron chi connectivity index (χ3n) is 4.47. The summed E-state index contributed by atoms with van der Waals surface area (Å²) in [5.74, 6) is -0.536. The average Bonchev–Trinajstić information content (AvgIpc) is 2.60. The Balaban J connectivity index is 1.57. The van der Waals surface area contributed by atoms with E-state index < -0.39 is 11.1 Å². The molecule has 3 N–H and O–H groups in total. The molecule has 0 aliphatic carbocycles. The highest BCUT2D eigenvalue weighted by Crippen LogP contribution is 2.15. The van der Waals surface area contributed by atoms with E-state index in [9.17, 15) is 18.8 Å². The Morgan fingerprint density at radius 1 is 1.23 bits per heavy atom. The van der Waals surface area contributed by atoms with Crippen LogP contribution < -0.4 is 16.4 Å². The molecule has 1 aliphatic heterocycles. The first-order valence-electron chi connectivity index (χ1n) is 8.57. The molecule has 7 nitrogen and oxygen atoms in total. The third kappa shape index (κ3) is 4.66. The van der Waals surface area contributed by atoms with Gasteiger partial charge in [0.2, 0.25) is 5.91 Å². The Morgan fingerprint density at radius 2 is 2.04 bits per heavy atom. The number of rotatable bonds is 5. The van der Waals surface area contributed by atoms with Crippen LogP contribution in [0, 0.1) is 5.82 Å². The van der Waals surface area contributed by atoms with Gasteiger partial charge in [-0.2, -0.15) is 0 Å². The van der Waals surface area contributed by atoms with Crippen LogP contribution in [0.5, 0.6) is 0 Å². The van der Waals surface area contributed by atoms with Gasteiger partial charge in [0, 0.05) is 36.3 Å². The van der Waals surface area contributed by atoms with E-state index >= 15 is 0 Å². The van der Waals surface area contributed by atoms with Gasteiger partial charge in [-0.05, 0) is 25.5 Å². The molecule has 26 heavy (non-hydrogen) atoms. The van der Waals surface area contributed by atoms with Crippen LogP contribution in [0.2, 0.25) is 0 Å². The fourth-order valence-electron chi connectivity index (χ4n) is 3.23. The summed E-state index contributed by atoms with van der Waals surface area (Å²) in [6.45, 7) is 1.95. The quantitative estimate of drug-likeness (QED) is 0.724. The molecule has 3 rings (SSSR count). The fourth-order valence-corrected chi connectivity index (χ4v) is 3.23. The van der Waals surface area contributed by atoms with Gasteiger partial charge in [0.1, 0.15) is 5.82 Å². The number of amides is 1. The first kappa shape index (κ1) is 18.1. The Kier molecular flexibility index (Phi) is 5.62. The molecule has 0 spiro atoms. The van der Waals surface area contributed by atoms with E-state index in [0.717, 1.165) is 25.5 Å². The Morgan fingerprint density at radius 3 is 2.85 bits per heavy atom. The molecule has 0 saturated carbocycles. The van der Waals surface area contributed by atoms with Gasteiger partial charge in [-0.15, -0.1) is 0 Å². The monoisotopic (exact) mass is 360 g/mol. The van der Waals surface area contributed by atoms with Gasteiger partial charge in [0.15, 0.2) is 0 Å². The van der Waals surface area contributed by atoms with Crippen molar-refractivity contribution in [3.05, 3.63) is 68.0 Å². The van der Waals surface area contributed by atoms with Gasteiger partial charge in [0.25, 0.3) is 11.1 Å². The van der Waals surface area contributed by atoms with Crippen LogP contribution >= 0.6 is 0 Å². The molecule has 1 aromatic carbocycles. The molecular weight excluding hydrogens is 339 g/mol. The van der Waals surface area contributed by atoms with Crippen LogP contribution in [-0.2, 0) is 17.8 Å². The minimum atomic E-state index is -0.482. The summed E-state index contributed by atoms with van der Waals surface area (Å²) in [6, 6.07) is 7.73. The molecule has 0 bridgehead atoms. The van der Waals surface area contributed by atoms with Crippen LogP contribution in [-0.4, -0.2) is 40.1 Å². The number of piperidine rings is 1. The van der Waals surface area contributed by atoms with Crippen LogP contribution in [0.3, 0.4) is 0 Å². The Hall–Kier alpha value is -2.74. The highest BCUT2D eigenvalue weighted by Gasteiger charge is 2.22. The SMILES string of the molecule is O=C(Cc1cc(=O)[nH][nH]c1=O)NC1CCCN(Cc2ccccc2F)C1. The normalized spacial score (nSPS) is 17.8. The summed E-state index contributed by atoms with van der Waals surface area (Å²) < 4.78 is 13.8. The van der Waals surface area contributed by atoms with Crippen molar-refractivity contribution in [2.45, 2.75) is 31.8 Å². The second-order valence-corrected chi connectivity index (χ2v) is 6.52. The summed E-state index contributed by atoms with van der Waals surface area (Å²) in [4.78, 5) is 37.2. The van der Waals surface area contributed by atoms with Gasteiger partial charge in [0.05, 0.1) is 6.42 Å². The number of hydrogen-bond acceptors (Lipinski definition) is 4. The lowest BCUT2D eigenvalue weighted by Crippen LogP contribution is -2.48. The second-order valence-electron chi connectivity index (χ2n) is 6.52. The molecule has 1 amide bonds. The maximum Gasteiger partial charge on any atom is 0.266 e. The fraction of sp³-hybridized carbons (Fsp3) is 0.389. The summed E-state index contributed by atoms with van der Waals surface area (Å²) in [7, 11) is 0. The van der Waals surface area contributed by atoms with Crippen molar-refractivity contribution in [1.82, 2.24) is 20.4 Å². The van der Waals surface area contributed by atoms with E-state index in [0.29, 0.717) is 18.7 Å². The average molecular weight is 360 g/mol. The van der Waals surface area contributed by atoms with Crippen molar-refractivity contribution in [2.75, 3.05) is 13.1 Å². The number of carbonyl (C=O) groups excluding carboxylic acids is 1. The number of benzene rings is 1. The van der Waals surface area contributed by atoms with E-state index in [2.05, 4.69) is 20.4 Å². The molecule has 8 heteroatoms. The number of likely N-dealkylation sites (tertiary alicyclic amines) is 1. The minimum Gasteiger partial charge on any atom is -0.352 e. The predicted octanol–water partition coefficient (Wildman–Crippen LogP) is 0.526. The molecule has 2 aromatic rings. The maximum absolute atomic E-state index is 13.8. The summed E-state index contributed by atoms with van der Waals surface area (Å²) >= 11 is 0. The van der Waals surface area contributed by atoms with Gasteiger partial charge < -0.3 is 5.32 Å². The predicted molar refractivity (Wildman–Crippen MR) is 94.2 cm³/mol. The maximum atomic E-state index is 13.8. The molecule has 0 radical (unpaired) electrons. The van der Waals surface area contributed by atoms with E-state index in [4.69, 9.17) is 0 Å². The number of carbonyl (C=O) groups is 1. The lowest BCUT2D eigenvalue weighted by atomic mass is 10.0. The molecule has 1 fully saturated rings. The molecule has 2 heterocycles. The number of nitrogens with one attached hydrogen (secondary N) is 3. The first-order valence-corrected chi connectivity index (χ1v) is 8.57. The smallest absolute Gasteiger partial charge is 0.266 e. The number of aromatic nitrogens is 2. The lowest BCUT2D eigenvalue weighted by molar-refractivity contribution is -0.121. The first-order chi connectivity index (χ1) is 12.5. The van der Waals surface area contributed by atoms with Crippen LogP contribution in [0.1, 0.15) is 24.0 Å². The topological polar surface area (TPSA) is 98.1 Å². The van der Waals surface area contributed by atoms with E-state index in [-0.39, 0.29) is 29.8 Å².